The lowest BCUT2D eigenvalue weighted by Crippen LogP contribution is -2.63. The van der Waals surface area contributed by atoms with E-state index in [4.69, 9.17) is 4.43 Å². The summed E-state index contributed by atoms with van der Waals surface area (Å²) in [6.45, 7) is 0. The van der Waals surface area contributed by atoms with Crippen molar-refractivity contribution in [2.45, 2.75) is 30.9 Å². The maximum absolute atomic E-state index is 7.15. The molecule has 3 atom stereocenters. The Morgan fingerprint density at radius 2 is 1.19 bits per heavy atom. The van der Waals surface area contributed by atoms with Crippen molar-refractivity contribution < 1.29 is 4.43 Å². The monoisotopic (exact) mass is 356 g/mol. The number of rotatable bonds is 3. The smallest absolute Gasteiger partial charge is 0.263 e. The van der Waals surface area contributed by atoms with Gasteiger partial charge in [-0.25, -0.2) is 0 Å². The summed E-state index contributed by atoms with van der Waals surface area (Å²) in [4.78, 5) is 0. The van der Waals surface area contributed by atoms with Gasteiger partial charge in [-0.05, 0) is 34.7 Å². The van der Waals surface area contributed by atoms with Crippen molar-refractivity contribution in [3.8, 4) is 0 Å². The molecule has 2 heteroatoms. The first-order chi connectivity index (χ1) is 12.9. The molecule has 0 aromatic heterocycles. The van der Waals surface area contributed by atoms with Gasteiger partial charge in [-0.2, -0.15) is 0 Å². The molecule has 26 heavy (non-hydrogen) atoms. The van der Waals surface area contributed by atoms with Crippen LogP contribution < -0.4 is 10.4 Å². The second-order valence-electron chi connectivity index (χ2n) is 7.61. The highest BCUT2D eigenvalue weighted by Gasteiger charge is 2.60. The van der Waals surface area contributed by atoms with E-state index in [0.717, 1.165) is 0 Å². The molecule has 0 bridgehead atoms. The summed E-state index contributed by atoms with van der Waals surface area (Å²) >= 11 is 0. The maximum Gasteiger partial charge on any atom is 0.263 e. The SMILES string of the molecule is c1ccc([C@H]2[C@H]3CCC[C@H]3O[Si]2(c2ccccc2)c2ccccc2)cc1. The molecule has 0 unspecified atom stereocenters. The second kappa shape index (κ2) is 6.53. The predicted molar refractivity (Wildman–Crippen MR) is 109 cm³/mol. The molecule has 5 rings (SSSR count). The van der Waals surface area contributed by atoms with E-state index >= 15 is 0 Å². The topological polar surface area (TPSA) is 9.23 Å². The first-order valence-corrected chi connectivity index (χ1v) is 11.7. The lowest BCUT2D eigenvalue weighted by Gasteiger charge is -2.35. The first kappa shape index (κ1) is 16.0. The van der Waals surface area contributed by atoms with Gasteiger partial charge in [0.25, 0.3) is 8.32 Å². The van der Waals surface area contributed by atoms with Crippen LogP contribution in [0.3, 0.4) is 0 Å². The minimum absolute atomic E-state index is 0.410. The third-order valence-electron chi connectivity index (χ3n) is 6.27. The molecular weight excluding hydrogens is 332 g/mol. The van der Waals surface area contributed by atoms with Gasteiger partial charge in [-0.15, -0.1) is 0 Å². The van der Waals surface area contributed by atoms with Crippen LogP contribution in [0, 0.1) is 5.92 Å². The summed E-state index contributed by atoms with van der Waals surface area (Å²) in [6, 6.07) is 33.3. The number of hydrogen-bond acceptors (Lipinski definition) is 1. The Morgan fingerprint density at radius 3 is 1.77 bits per heavy atom. The molecule has 1 aliphatic carbocycles. The quantitative estimate of drug-likeness (QED) is 0.637. The summed E-state index contributed by atoms with van der Waals surface area (Å²) in [5.41, 5.74) is 1.95. The molecule has 0 N–H and O–H groups in total. The van der Waals surface area contributed by atoms with Gasteiger partial charge in [-0.1, -0.05) is 97.4 Å². The molecule has 2 fully saturated rings. The van der Waals surface area contributed by atoms with Gasteiger partial charge in [-0.3, -0.25) is 0 Å². The number of hydrogen-bond donors (Lipinski definition) is 0. The molecule has 2 aliphatic rings. The van der Waals surface area contributed by atoms with Crippen LogP contribution in [0.2, 0.25) is 0 Å². The van der Waals surface area contributed by atoms with Crippen molar-refractivity contribution in [3.05, 3.63) is 96.6 Å². The summed E-state index contributed by atoms with van der Waals surface area (Å²) < 4.78 is 7.15. The molecule has 1 heterocycles. The van der Waals surface area contributed by atoms with Crippen molar-refractivity contribution in [2.75, 3.05) is 0 Å². The van der Waals surface area contributed by atoms with Crippen molar-refractivity contribution in [1.82, 2.24) is 0 Å². The molecular formula is C24H24OSi. The van der Waals surface area contributed by atoms with Gasteiger partial charge < -0.3 is 4.43 Å². The van der Waals surface area contributed by atoms with Crippen LogP contribution in [-0.4, -0.2) is 14.4 Å². The highest BCUT2D eigenvalue weighted by molar-refractivity contribution is 6.99. The van der Waals surface area contributed by atoms with Crippen LogP contribution in [-0.2, 0) is 4.43 Å². The van der Waals surface area contributed by atoms with E-state index in [0.29, 0.717) is 17.6 Å². The van der Waals surface area contributed by atoms with E-state index in [1.807, 2.05) is 0 Å². The Morgan fingerprint density at radius 1 is 0.654 bits per heavy atom. The average molecular weight is 357 g/mol. The molecule has 1 saturated carbocycles. The molecule has 3 aromatic carbocycles. The minimum atomic E-state index is -2.35. The van der Waals surface area contributed by atoms with Crippen LogP contribution in [0.4, 0.5) is 0 Å². The summed E-state index contributed by atoms with van der Waals surface area (Å²) in [6.07, 6.45) is 4.21. The van der Waals surface area contributed by atoms with Crippen LogP contribution in [0.25, 0.3) is 0 Å². The summed E-state index contributed by atoms with van der Waals surface area (Å²) in [7, 11) is -2.35. The molecule has 1 saturated heterocycles. The van der Waals surface area contributed by atoms with Gasteiger partial charge in [0.2, 0.25) is 0 Å². The van der Waals surface area contributed by atoms with Gasteiger partial charge in [0.1, 0.15) is 0 Å². The van der Waals surface area contributed by atoms with E-state index in [9.17, 15) is 0 Å². The van der Waals surface area contributed by atoms with Crippen molar-refractivity contribution in [2.24, 2.45) is 5.92 Å². The second-order valence-corrected chi connectivity index (χ2v) is 11.1. The first-order valence-electron chi connectivity index (χ1n) is 9.73. The van der Waals surface area contributed by atoms with Crippen molar-refractivity contribution >= 4 is 18.7 Å². The number of benzene rings is 3. The molecule has 0 amide bonds. The van der Waals surface area contributed by atoms with Gasteiger partial charge in [0, 0.05) is 11.6 Å². The zero-order chi connectivity index (χ0) is 17.4. The summed E-state index contributed by atoms with van der Waals surface area (Å²) in [5.74, 6) is 0.643. The van der Waals surface area contributed by atoms with Crippen LogP contribution in [0.5, 0.6) is 0 Å². The average Bonchev–Trinajstić information content (AvgIpc) is 3.29. The Labute approximate surface area is 156 Å². The Kier molecular flexibility index (Phi) is 4.03. The highest BCUT2D eigenvalue weighted by atomic mass is 28.4. The fourth-order valence-electron chi connectivity index (χ4n) is 5.27. The lowest BCUT2D eigenvalue weighted by atomic mass is 9.95. The zero-order valence-electron chi connectivity index (χ0n) is 14.9. The molecule has 0 spiro atoms. The Hall–Kier alpha value is -2.16. The van der Waals surface area contributed by atoms with Gasteiger partial charge >= 0.3 is 0 Å². The minimum Gasteiger partial charge on any atom is -0.404 e. The molecule has 1 nitrogen and oxygen atoms in total. The fourth-order valence-corrected chi connectivity index (χ4v) is 10.5. The summed E-state index contributed by atoms with van der Waals surface area (Å²) in [5, 5.41) is 2.82. The van der Waals surface area contributed by atoms with Crippen molar-refractivity contribution in [1.29, 1.82) is 0 Å². The van der Waals surface area contributed by atoms with Gasteiger partial charge in [0.05, 0.1) is 0 Å². The van der Waals surface area contributed by atoms with Crippen LogP contribution in [0.15, 0.2) is 91.0 Å². The highest BCUT2D eigenvalue weighted by Crippen LogP contribution is 2.50. The van der Waals surface area contributed by atoms with E-state index < -0.39 is 8.32 Å². The normalized spacial score (nSPS) is 26.5. The van der Waals surface area contributed by atoms with E-state index in [-0.39, 0.29) is 0 Å². The standard InChI is InChI=1S/C24H24OSi/c1-4-11-19(12-5-1)24-22-17-10-18-23(22)25-26(24,20-13-6-2-7-14-20)21-15-8-3-9-16-21/h1-9,11-16,22-24H,10,17-18H2/t22-,23+,24-/m0/s1. The van der Waals surface area contributed by atoms with Crippen LogP contribution >= 0.6 is 0 Å². The third-order valence-corrected chi connectivity index (χ3v) is 11.0. The number of fused-ring (bicyclic) bond motifs is 1. The fraction of sp³-hybridized carbons (Fsp3) is 0.250. The lowest BCUT2D eigenvalue weighted by molar-refractivity contribution is 0.202. The van der Waals surface area contributed by atoms with E-state index in [1.165, 1.54) is 35.2 Å². The van der Waals surface area contributed by atoms with Crippen molar-refractivity contribution in [3.63, 3.8) is 0 Å². The molecule has 1 aliphatic heterocycles. The maximum atomic E-state index is 7.15. The molecule has 0 radical (unpaired) electrons. The Balaban J connectivity index is 1.77. The van der Waals surface area contributed by atoms with E-state index in [1.54, 1.807) is 0 Å². The van der Waals surface area contributed by atoms with Crippen LogP contribution in [0.1, 0.15) is 30.4 Å². The van der Waals surface area contributed by atoms with E-state index in [2.05, 4.69) is 91.0 Å². The third kappa shape index (κ3) is 2.40. The Bertz CT molecular complexity index is 823. The molecule has 3 aromatic rings. The van der Waals surface area contributed by atoms with Gasteiger partial charge in [0.15, 0.2) is 0 Å². The predicted octanol–water partition coefficient (Wildman–Crippen LogP) is 4.27. The molecule has 130 valence electrons. The zero-order valence-corrected chi connectivity index (χ0v) is 15.9. The largest absolute Gasteiger partial charge is 0.404 e.